The molecule has 130 valence electrons. The molecule has 0 saturated heterocycles. The molecule has 0 amide bonds. The molecule has 0 heterocycles. The number of aliphatic hydroxyl groups is 1. The van der Waals surface area contributed by atoms with E-state index in [2.05, 4.69) is 13.8 Å². The van der Waals surface area contributed by atoms with Gasteiger partial charge in [0.15, 0.2) is 0 Å². The highest BCUT2D eigenvalue weighted by atomic mass is 16.4. The van der Waals surface area contributed by atoms with Crippen LogP contribution in [0.3, 0.4) is 0 Å². The van der Waals surface area contributed by atoms with E-state index in [-0.39, 0.29) is 22.3 Å². The standard InChI is InChI=1S/C20H32O3/c1-17-9-5-14-18(2)7-4-8-19(3,16(22)23)13(18)6-10-20(14,12-17)11-15(17)21/h13-15,21H,4-12H2,1-3H3,(H,22,23)/t13?,14?,15-,17-,18-,19-,20-/m1/s1. The van der Waals surface area contributed by atoms with Crippen LogP contribution in [0.4, 0.5) is 0 Å². The number of fused-ring (bicyclic) bond motifs is 3. The summed E-state index contributed by atoms with van der Waals surface area (Å²) in [5, 5.41) is 20.6. The third-order valence-electron chi connectivity index (χ3n) is 9.10. The Kier molecular flexibility index (Phi) is 3.14. The molecule has 2 bridgehead atoms. The van der Waals surface area contributed by atoms with E-state index in [1.54, 1.807) is 0 Å². The van der Waals surface area contributed by atoms with Crippen LogP contribution < -0.4 is 0 Å². The van der Waals surface area contributed by atoms with Crippen LogP contribution in [0, 0.1) is 33.5 Å². The molecule has 1 spiro atoms. The van der Waals surface area contributed by atoms with E-state index in [4.69, 9.17) is 0 Å². The second-order valence-corrected chi connectivity index (χ2v) is 10.2. The first kappa shape index (κ1) is 15.9. The fraction of sp³-hybridized carbons (Fsp3) is 0.950. The van der Waals surface area contributed by atoms with E-state index in [1.807, 2.05) is 6.92 Å². The van der Waals surface area contributed by atoms with Crippen LogP contribution in [-0.4, -0.2) is 22.3 Å². The first-order valence-electron chi connectivity index (χ1n) is 9.58. The second kappa shape index (κ2) is 4.53. The summed E-state index contributed by atoms with van der Waals surface area (Å²) in [6, 6.07) is 0. The van der Waals surface area contributed by atoms with Crippen LogP contribution in [0.2, 0.25) is 0 Å². The average Bonchev–Trinajstić information content (AvgIpc) is 2.63. The summed E-state index contributed by atoms with van der Waals surface area (Å²) in [5.41, 5.74) is 0.000491. The first-order chi connectivity index (χ1) is 10.7. The predicted octanol–water partition coefficient (Wildman–Crippen LogP) is 4.23. The fourth-order valence-corrected chi connectivity index (χ4v) is 7.99. The van der Waals surface area contributed by atoms with Crippen molar-refractivity contribution < 1.29 is 15.0 Å². The van der Waals surface area contributed by atoms with Gasteiger partial charge in [0.2, 0.25) is 0 Å². The van der Waals surface area contributed by atoms with E-state index in [1.165, 1.54) is 12.8 Å². The van der Waals surface area contributed by atoms with Crippen molar-refractivity contribution in [2.24, 2.45) is 33.5 Å². The first-order valence-corrected chi connectivity index (χ1v) is 9.58. The lowest BCUT2D eigenvalue weighted by Crippen LogP contribution is -2.58. The van der Waals surface area contributed by atoms with Crippen molar-refractivity contribution >= 4 is 5.97 Å². The van der Waals surface area contributed by atoms with E-state index >= 15 is 0 Å². The molecular weight excluding hydrogens is 288 g/mol. The number of carbonyl (C=O) groups is 1. The Bertz CT molecular complexity index is 545. The third-order valence-corrected chi connectivity index (χ3v) is 9.10. The van der Waals surface area contributed by atoms with Crippen LogP contribution in [0.15, 0.2) is 0 Å². The Labute approximate surface area is 139 Å². The van der Waals surface area contributed by atoms with Crippen molar-refractivity contribution in [3.05, 3.63) is 0 Å². The van der Waals surface area contributed by atoms with Crippen LogP contribution in [0.5, 0.6) is 0 Å². The minimum absolute atomic E-state index is 0.116. The van der Waals surface area contributed by atoms with Crippen molar-refractivity contribution in [2.45, 2.75) is 84.7 Å². The zero-order valence-electron chi connectivity index (χ0n) is 14.9. The maximum atomic E-state index is 12.1. The summed E-state index contributed by atoms with van der Waals surface area (Å²) in [7, 11) is 0. The van der Waals surface area contributed by atoms with Crippen molar-refractivity contribution in [3.8, 4) is 0 Å². The van der Waals surface area contributed by atoms with Gasteiger partial charge in [0.05, 0.1) is 11.5 Å². The number of carboxylic acids is 1. The number of hydrogen-bond donors (Lipinski definition) is 2. The summed E-state index contributed by atoms with van der Waals surface area (Å²) < 4.78 is 0. The largest absolute Gasteiger partial charge is 0.481 e. The molecule has 0 radical (unpaired) electrons. The van der Waals surface area contributed by atoms with Gasteiger partial charge in [-0.25, -0.2) is 0 Å². The van der Waals surface area contributed by atoms with Gasteiger partial charge in [-0.2, -0.15) is 0 Å². The van der Waals surface area contributed by atoms with Gasteiger partial charge in [0.1, 0.15) is 0 Å². The number of rotatable bonds is 1. The van der Waals surface area contributed by atoms with Crippen molar-refractivity contribution in [1.82, 2.24) is 0 Å². The van der Waals surface area contributed by atoms with Gasteiger partial charge in [-0.05, 0) is 86.4 Å². The topological polar surface area (TPSA) is 57.5 Å². The van der Waals surface area contributed by atoms with Crippen LogP contribution in [0.1, 0.15) is 78.6 Å². The minimum Gasteiger partial charge on any atom is -0.481 e. The highest BCUT2D eigenvalue weighted by Crippen LogP contribution is 2.73. The van der Waals surface area contributed by atoms with E-state index in [0.717, 1.165) is 44.9 Å². The number of carboxylic acid groups (broad SMARTS) is 1. The SMILES string of the molecule is C[C@@]12CCC[C@@](C)(C(=O)O)C1CC[C@]13C[C@@H](O)[C@](C)(CCC12)C3. The molecule has 2 unspecified atom stereocenters. The average molecular weight is 320 g/mol. The lowest BCUT2D eigenvalue weighted by Gasteiger charge is -2.63. The van der Waals surface area contributed by atoms with Gasteiger partial charge in [0.25, 0.3) is 0 Å². The van der Waals surface area contributed by atoms with Crippen molar-refractivity contribution in [3.63, 3.8) is 0 Å². The molecule has 23 heavy (non-hydrogen) atoms. The molecule has 0 aliphatic heterocycles. The Morgan fingerprint density at radius 1 is 1.00 bits per heavy atom. The molecule has 3 nitrogen and oxygen atoms in total. The number of aliphatic carboxylic acids is 1. The van der Waals surface area contributed by atoms with Crippen molar-refractivity contribution in [2.75, 3.05) is 0 Å². The molecule has 4 aliphatic rings. The molecule has 3 heteroatoms. The smallest absolute Gasteiger partial charge is 0.309 e. The molecule has 4 aliphatic carbocycles. The monoisotopic (exact) mass is 320 g/mol. The maximum absolute atomic E-state index is 12.1. The van der Waals surface area contributed by atoms with Crippen LogP contribution in [-0.2, 0) is 4.79 Å². The Hall–Kier alpha value is -0.570. The molecular formula is C20H32O3. The lowest BCUT2D eigenvalue weighted by molar-refractivity contribution is -0.182. The zero-order valence-corrected chi connectivity index (χ0v) is 14.9. The third kappa shape index (κ3) is 1.83. The van der Waals surface area contributed by atoms with Gasteiger partial charge in [-0.15, -0.1) is 0 Å². The Morgan fingerprint density at radius 3 is 2.39 bits per heavy atom. The zero-order chi connectivity index (χ0) is 16.7. The highest BCUT2D eigenvalue weighted by Gasteiger charge is 2.67. The Morgan fingerprint density at radius 2 is 1.70 bits per heavy atom. The highest BCUT2D eigenvalue weighted by molar-refractivity contribution is 5.75. The van der Waals surface area contributed by atoms with E-state index < -0.39 is 11.4 Å². The molecule has 2 N–H and O–H groups in total. The van der Waals surface area contributed by atoms with Gasteiger partial charge in [0, 0.05) is 0 Å². The number of aliphatic hydroxyl groups excluding tert-OH is 1. The van der Waals surface area contributed by atoms with E-state index in [9.17, 15) is 15.0 Å². The Balaban J connectivity index is 1.74. The summed E-state index contributed by atoms with van der Waals surface area (Å²) in [6.07, 6.45) is 9.51. The molecule has 4 fully saturated rings. The van der Waals surface area contributed by atoms with E-state index in [0.29, 0.717) is 11.8 Å². The predicted molar refractivity (Wildman–Crippen MR) is 88.9 cm³/mol. The lowest BCUT2D eigenvalue weighted by atomic mass is 9.40. The maximum Gasteiger partial charge on any atom is 0.309 e. The molecule has 0 aromatic heterocycles. The van der Waals surface area contributed by atoms with Gasteiger partial charge in [-0.3, -0.25) is 4.79 Å². The van der Waals surface area contributed by atoms with Gasteiger partial charge in [-0.1, -0.05) is 20.3 Å². The second-order valence-electron chi connectivity index (χ2n) is 10.2. The summed E-state index contributed by atoms with van der Waals surface area (Å²) in [6.45, 7) is 6.68. The van der Waals surface area contributed by atoms with Gasteiger partial charge >= 0.3 is 5.97 Å². The molecule has 0 aromatic rings. The molecule has 0 aromatic carbocycles. The number of hydrogen-bond acceptors (Lipinski definition) is 2. The summed E-state index contributed by atoms with van der Waals surface area (Å²) in [5.74, 6) is 0.327. The van der Waals surface area contributed by atoms with Gasteiger partial charge < -0.3 is 10.2 Å². The molecule has 4 saturated carbocycles. The van der Waals surface area contributed by atoms with Crippen LogP contribution in [0.25, 0.3) is 0 Å². The molecule has 4 rings (SSSR count). The van der Waals surface area contributed by atoms with Crippen molar-refractivity contribution in [1.29, 1.82) is 0 Å². The quantitative estimate of drug-likeness (QED) is 0.760. The normalized spacial score (nSPS) is 58.3. The fourth-order valence-electron chi connectivity index (χ4n) is 7.99. The molecule has 7 atom stereocenters. The minimum atomic E-state index is -0.587. The summed E-state index contributed by atoms with van der Waals surface area (Å²) in [4.78, 5) is 12.1. The van der Waals surface area contributed by atoms with Crippen LogP contribution >= 0.6 is 0 Å². The summed E-state index contributed by atoms with van der Waals surface area (Å²) >= 11 is 0.